The van der Waals surface area contributed by atoms with Gasteiger partial charge in [-0.3, -0.25) is 4.79 Å². The third kappa shape index (κ3) is 3.23. The van der Waals surface area contributed by atoms with E-state index < -0.39 is 0 Å². The van der Waals surface area contributed by atoms with Crippen LogP contribution in [0.1, 0.15) is 16.3 Å². The largest absolute Gasteiger partial charge is 0.454 e. The molecule has 3 heterocycles. The van der Waals surface area contributed by atoms with Crippen molar-refractivity contribution < 1.29 is 9.21 Å². The van der Waals surface area contributed by atoms with E-state index in [9.17, 15) is 4.79 Å². The molecule has 0 aliphatic rings. The minimum Gasteiger partial charge on any atom is -0.454 e. The summed E-state index contributed by atoms with van der Waals surface area (Å²) < 4.78 is 9.63. The number of hydrogen-bond donors (Lipinski definition) is 0. The van der Waals surface area contributed by atoms with Crippen LogP contribution < -0.4 is 0 Å². The predicted octanol–water partition coefficient (Wildman–Crippen LogP) is 2.65. The second kappa shape index (κ2) is 6.87. The fourth-order valence-electron chi connectivity index (χ4n) is 2.87. The summed E-state index contributed by atoms with van der Waals surface area (Å²) in [6.45, 7) is 1.79. The predicted molar refractivity (Wildman–Crippen MR) is 96.7 cm³/mol. The number of hydrogen-bond acceptors (Lipinski definition) is 4. The molecule has 0 saturated heterocycles. The second-order valence-corrected chi connectivity index (χ2v) is 6.15. The Labute approximate surface area is 150 Å². The van der Waals surface area contributed by atoms with E-state index in [0.717, 1.165) is 16.8 Å². The van der Waals surface area contributed by atoms with Gasteiger partial charge < -0.3 is 18.5 Å². The third-order valence-corrected chi connectivity index (χ3v) is 4.32. The van der Waals surface area contributed by atoms with Crippen molar-refractivity contribution in [3.8, 4) is 0 Å². The lowest BCUT2D eigenvalue weighted by Gasteiger charge is -2.16. The van der Waals surface area contributed by atoms with Gasteiger partial charge in [-0.2, -0.15) is 0 Å². The first kappa shape index (κ1) is 16.1. The van der Waals surface area contributed by atoms with Crippen LogP contribution in [0, 0.1) is 0 Å². The third-order valence-electron chi connectivity index (χ3n) is 4.32. The van der Waals surface area contributed by atoms with Crippen LogP contribution in [0.15, 0.2) is 65.9 Å². The molecule has 0 unspecified atom stereocenters. The van der Waals surface area contributed by atoms with E-state index in [0.29, 0.717) is 25.4 Å². The molecule has 26 heavy (non-hydrogen) atoms. The fourth-order valence-corrected chi connectivity index (χ4v) is 2.87. The molecule has 1 amide bonds. The molecule has 0 bridgehead atoms. The number of rotatable bonds is 6. The van der Waals surface area contributed by atoms with Crippen molar-refractivity contribution in [2.45, 2.75) is 13.1 Å². The van der Waals surface area contributed by atoms with Gasteiger partial charge in [-0.25, -0.2) is 9.97 Å². The zero-order chi connectivity index (χ0) is 17.9. The molecule has 3 aromatic heterocycles. The van der Waals surface area contributed by atoms with Gasteiger partial charge in [0.05, 0.1) is 30.2 Å². The number of fused-ring (bicyclic) bond motifs is 1. The van der Waals surface area contributed by atoms with E-state index in [1.807, 2.05) is 45.7 Å². The minimum atomic E-state index is -0.133. The molecule has 0 atom stereocenters. The average Bonchev–Trinajstić information content (AvgIpc) is 3.40. The Bertz CT molecular complexity index is 1020. The van der Waals surface area contributed by atoms with Crippen LogP contribution in [0.2, 0.25) is 0 Å². The SMILES string of the molecule is CN(CCn1cnc2ccccc21)C(=O)c1ccc(Cn2ccnc2)o1. The molecule has 0 aliphatic carbocycles. The molecule has 1 aromatic carbocycles. The first-order chi connectivity index (χ1) is 12.7. The Kier molecular flexibility index (Phi) is 4.27. The quantitative estimate of drug-likeness (QED) is 0.537. The van der Waals surface area contributed by atoms with Gasteiger partial charge in [0.15, 0.2) is 5.76 Å². The summed E-state index contributed by atoms with van der Waals surface area (Å²) in [5.41, 5.74) is 2.02. The lowest BCUT2D eigenvalue weighted by atomic mass is 10.3. The maximum Gasteiger partial charge on any atom is 0.289 e. The first-order valence-electron chi connectivity index (χ1n) is 8.40. The highest BCUT2D eigenvalue weighted by Gasteiger charge is 2.16. The van der Waals surface area contributed by atoms with E-state index in [1.54, 1.807) is 36.9 Å². The molecule has 0 fully saturated rings. The fraction of sp³-hybridized carbons (Fsp3) is 0.211. The molecular formula is C19H19N5O2. The zero-order valence-corrected chi connectivity index (χ0v) is 14.4. The average molecular weight is 349 g/mol. The lowest BCUT2D eigenvalue weighted by molar-refractivity contribution is 0.0757. The highest BCUT2D eigenvalue weighted by Crippen LogP contribution is 2.14. The maximum absolute atomic E-state index is 12.6. The molecule has 7 heteroatoms. The van der Waals surface area contributed by atoms with E-state index in [-0.39, 0.29) is 5.91 Å². The van der Waals surface area contributed by atoms with Crippen molar-refractivity contribution in [2.24, 2.45) is 0 Å². The van der Waals surface area contributed by atoms with E-state index >= 15 is 0 Å². The number of carbonyl (C=O) groups excluding carboxylic acids is 1. The molecular weight excluding hydrogens is 330 g/mol. The summed E-state index contributed by atoms with van der Waals surface area (Å²) in [5.74, 6) is 0.935. The number of carbonyl (C=O) groups is 1. The number of likely N-dealkylation sites (N-methyl/N-ethyl adjacent to an activating group) is 1. The van der Waals surface area contributed by atoms with Crippen LogP contribution >= 0.6 is 0 Å². The Balaban J connectivity index is 1.39. The van der Waals surface area contributed by atoms with Crippen molar-refractivity contribution in [1.82, 2.24) is 24.0 Å². The van der Waals surface area contributed by atoms with E-state index in [1.165, 1.54) is 0 Å². The Morgan fingerprint density at radius 3 is 2.92 bits per heavy atom. The monoisotopic (exact) mass is 349 g/mol. The van der Waals surface area contributed by atoms with Gasteiger partial charge in [-0.05, 0) is 24.3 Å². The summed E-state index contributed by atoms with van der Waals surface area (Å²) in [7, 11) is 1.78. The molecule has 0 N–H and O–H groups in total. The van der Waals surface area contributed by atoms with Crippen LogP contribution in [0.5, 0.6) is 0 Å². The number of nitrogens with zero attached hydrogens (tertiary/aromatic N) is 5. The first-order valence-corrected chi connectivity index (χ1v) is 8.40. The molecule has 4 aromatic rings. The van der Waals surface area contributed by atoms with E-state index in [4.69, 9.17) is 4.42 Å². The summed E-state index contributed by atoms with van der Waals surface area (Å²) >= 11 is 0. The Hall–Kier alpha value is -3.35. The van der Waals surface area contributed by atoms with Crippen LogP contribution in [0.3, 0.4) is 0 Å². The number of imidazole rings is 2. The molecule has 4 rings (SSSR count). The van der Waals surface area contributed by atoms with Gasteiger partial charge in [0.25, 0.3) is 5.91 Å². The van der Waals surface area contributed by atoms with Crippen LogP contribution in [0.25, 0.3) is 11.0 Å². The van der Waals surface area contributed by atoms with Gasteiger partial charge in [0.2, 0.25) is 0 Å². The summed E-state index contributed by atoms with van der Waals surface area (Å²) in [6.07, 6.45) is 7.08. The van der Waals surface area contributed by atoms with Crippen molar-refractivity contribution in [2.75, 3.05) is 13.6 Å². The number of para-hydroxylation sites is 2. The number of aromatic nitrogens is 4. The smallest absolute Gasteiger partial charge is 0.289 e. The number of furan rings is 1. The van der Waals surface area contributed by atoms with Crippen LogP contribution in [0.4, 0.5) is 0 Å². The summed E-state index contributed by atoms with van der Waals surface area (Å²) in [4.78, 5) is 22.6. The van der Waals surface area contributed by atoms with E-state index in [2.05, 4.69) is 9.97 Å². The van der Waals surface area contributed by atoms with Crippen molar-refractivity contribution in [3.63, 3.8) is 0 Å². The molecule has 0 radical (unpaired) electrons. The normalized spacial score (nSPS) is 11.1. The van der Waals surface area contributed by atoms with Crippen molar-refractivity contribution in [3.05, 3.63) is 73.0 Å². The maximum atomic E-state index is 12.6. The summed E-state index contributed by atoms with van der Waals surface area (Å²) in [5, 5.41) is 0. The highest BCUT2D eigenvalue weighted by atomic mass is 16.4. The molecule has 0 saturated carbocycles. The number of amides is 1. The topological polar surface area (TPSA) is 69.1 Å². The minimum absolute atomic E-state index is 0.133. The molecule has 132 valence electrons. The Morgan fingerprint density at radius 1 is 1.19 bits per heavy atom. The molecule has 0 spiro atoms. The number of benzene rings is 1. The summed E-state index contributed by atoms with van der Waals surface area (Å²) in [6, 6.07) is 11.5. The van der Waals surface area contributed by atoms with Gasteiger partial charge >= 0.3 is 0 Å². The second-order valence-electron chi connectivity index (χ2n) is 6.15. The lowest BCUT2D eigenvalue weighted by Crippen LogP contribution is -2.29. The molecule has 0 aliphatic heterocycles. The van der Waals surface area contributed by atoms with Crippen LogP contribution in [-0.4, -0.2) is 43.5 Å². The van der Waals surface area contributed by atoms with Crippen molar-refractivity contribution in [1.29, 1.82) is 0 Å². The molecule has 7 nitrogen and oxygen atoms in total. The van der Waals surface area contributed by atoms with Crippen LogP contribution in [-0.2, 0) is 13.1 Å². The van der Waals surface area contributed by atoms with Gasteiger partial charge in [0.1, 0.15) is 5.76 Å². The van der Waals surface area contributed by atoms with Gasteiger partial charge in [-0.15, -0.1) is 0 Å². The Morgan fingerprint density at radius 2 is 2.08 bits per heavy atom. The van der Waals surface area contributed by atoms with Gasteiger partial charge in [-0.1, -0.05) is 12.1 Å². The standard InChI is InChI=1S/C19H19N5O2/c1-22(10-11-24-14-21-16-4-2-3-5-17(16)24)19(25)18-7-6-15(26-18)12-23-9-8-20-13-23/h2-9,13-14H,10-12H2,1H3. The van der Waals surface area contributed by atoms with Gasteiger partial charge in [0, 0.05) is 32.5 Å². The van der Waals surface area contributed by atoms with Crippen molar-refractivity contribution >= 4 is 16.9 Å². The zero-order valence-electron chi connectivity index (χ0n) is 14.4. The highest BCUT2D eigenvalue weighted by molar-refractivity contribution is 5.91.